The van der Waals surface area contributed by atoms with Gasteiger partial charge in [0.2, 0.25) is 0 Å². The van der Waals surface area contributed by atoms with Crippen LogP contribution in [0.3, 0.4) is 0 Å². The van der Waals surface area contributed by atoms with Crippen molar-refractivity contribution >= 4 is 15.9 Å². The van der Waals surface area contributed by atoms with Gasteiger partial charge in [-0.3, -0.25) is 4.68 Å². The Morgan fingerprint density at radius 2 is 2.16 bits per heavy atom. The van der Waals surface area contributed by atoms with E-state index in [2.05, 4.69) is 21.0 Å². The highest BCUT2D eigenvalue weighted by Crippen LogP contribution is 2.21. The van der Waals surface area contributed by atoms with Gasteiger partial charge in [0.25, 0.3) is 0 Å². The van der Waals surface area contributed by atoms with Crippen molar-refractivity contribution in [1.29, 1.82) is 0 Å². The zero-order valence-electron chi connectivity index (χ0n) is 11.0. The monoisotopic (exact) mass is 325 g/mol. The number of hydrogen-bond acceptors (Lipinski definition) is 2. The van der Waals surface area contributed by atoms with Crippen molar-refractivity contribution in [3.05, 3.63) is 51.5 Å². The summed E-state index contributed by atoms with van der Waals surface area (Å²) in [6.07, 6.45) is 0.657. The molecule has 0 saturated heterocycles. The first kappa shape index (κ1) is 14.2. The molecule has 0 saturated carbocycles. The van der Waals surface area contributed by atoms with Crippen LogP contribution in [-0.2, 0) is 13.0 Å². The predicted octanol–water partition coefficient (Wildman–Crippen LogP) is 3.36. The topological polar surface area (TPSA) is 43.8 Å². The lowest BCUT2D eigenvalue weighted by molar-refractivity contribution is 0.565. The molecule has 5 heteroatoms. The van der Waals surface area contributed by atoms with Crippen molar-refractivity contribution in [2.45, 2.75) is 32.9 Å². The van der Waals surface area contributed by atoms with E-state index in [1.54, 1.807) is 12.1 Å². The molecular formula is C14H17BrFN3. The Hall–Kier alpha value is -1.20. The molecule has 0 aliphatic carbocycles. The number of rotatable bonds is 4. The summed E-state index contributed by atoms with van der Waals surface area (Å²) in [7, 11) is 0. The van der Waals surface area contributed by atoms with Crippen molar-refractivity contribution in [1.82, 2.24) is 9.78 Å². The SMILES string of the molecule is CCn1nc(C)cc1C(N)Cc1ccc(F)c(Br)c1. The maximum absolute atomic E-state index is 13.2. The van der Waals surface area contributed by atoms with Crippen LogP contribution in [0.1, 0.15) is 29.9 Å². The van der Waals surface area contributed by atoms with Crippen LogP contribution in [0.15, 0.2) is 28.7 Å². The Balaban J connectivity index is 2.20. The van der Waals surface area contributed by atoms with Gasteiger partial charge in [0.15, 0.2) is 0 Å². The second kappa shape index (κ2) is 5.84. The minimum Gasteiger partial charge on any atom is -0.322 e. The lowest BCUT2D eigenvalue weighted by Crippen LogP contribution is -2.18. The molecule has 0 aliphatic rings. The van der Waals surface area contributed by atoms with E-state index in [-0.39, 0.29) is 11.9 Å². The Morgan fingerprint density at radius 1 is 1.42 bits per heavy atom. The largest absolute Gasteiger partial charge is 0.322 e. The van der Waals surface area contributed by atoms with Crippen LogP contribution in [0.4, 0.5) is 4.39 Å². The molecular weight excluding hydrogens is 309 g/mol. The lowest BCUT2D eigenvalue weighted by Gasteiger charge is -2.13. The van der Waals surface area contributed by atoms with Crippen molar-refractivity contribution in [2.24, 2.45) is 5.73 Å². The third-order valence-corrected chi connectivity index (χ3v) is 3.66. The van der Waals surface area contributed by atoms with Crippen LogP contribution in [0.25, 0.3) is 0 Å². The first-order valence-electron chi connectivity index (χ1n) is 6.25. The van der Waals surface area contributed by atoms with E-state index in [1.165, 1.54) is 6.07 Å². The van der Waals surface area contributed by atoms with Crippen LogP contribution in [0.2, 0.25) is 0 Å². The van der Waals surface area contributed by atoms with Gasteiger partial charge < -0.3 is 5.73 Å². The van der Waals surface area contributed by atoms with Crippen molar-refractivity contribution in [3.8, 4) is 0 Å². The highest BCUT2D eigenvalue weighted by Gasteiger charge is 2.14. The molecule has 0 fully saturated rings. The van der Waals surface area contributed by atoms with E-state index in [1.807, 2.05) is 24.6 Å². The quantitative estimate of drug-likeness (QED) is 0.936. The summed E-state index contributed by atoms with van der Waals surface area (Å²) in [5.41, 5.74) is 9.22. The van der Waals surface area contributed by atoms with Gasteiger partial charge >= 0.3 is 0 Å². The number of nitrogens with two attached hydrogens (primary N) is 1. The zero-order valence-corrected chi connectivity index (χ0v) is 12.6. The summed E-state index contributed by atoms with van der Waals surface area (Å²) < 4.78 is 15.6. The van der Waals surface area contributed by atoms with E-state index in [0.29, 0.717) is 10.9 Å². The fourth-order valence-electron chi connectivity index (χ4n) is 2.14. The van der Waals surface area contributed by atoms with E-state index < -0.39 is 0 Å². The Morgan fingerprint density at radius 3 is 2.79 bits per heavy atom. The first-order valence-corrected chi connectivity index (χ1v) is 7.04. The number of aryl methyl sites for hydroxylation is 2. The van der Waals surface area contributed by atoms with Gasteiger partial charge in [0, 0.05) is 6.54 Å². The van der Waals surface area contributed by atoms with Gasteiger partial charge in [-0.25, -0.2) is 4.39 Å². The fourth-order valence-corrected chi connectivity index (χ4v) is 2.57. The number of aromatic nitrogens is 2. The van der Waals surface area contributed by atoms with Gasteiger partial charge in [-0.1, -0.05) is 6.07 Å². The second-order valence-electron chi connectivity index (χ2n) is 4.59. The molecule has 0 aliphatic heterocycles. The third-order valence-electron chi connectivity index (χ3n) is 3.05. The van der Waals surface area contributed by atoms with Crippen LogP contribution in [0, 0.1) is 12.7 Å². The predicted molar refractivity (Wildman–Crippen MR) is 77.4 cm³/mol. The number of benzene rings is 1. The average Bonchev–Trinajstić information content (AvgIpc) is 2.75. The van der Waals surface area contributed by atoms with Crippen molar-refractivity contribution < 1.29 is 4.39 Å². The van der Waals surface area contributed by atoms with Gasteiger partial charge in [0.05, 0.1) is 21.9 Å². The molecule has 1 heterocycles. The summed E-state index contributed by atoms with van der Waals surface area (Å²) in [4.78, 5) is 0. The molecule has 0 radical (unpaired) electrons. The summed E-state index contributed by atoms with van der Waals surface area (Å²) in [6.45, 7) is 4.79. The fraction of sp³-hybridized carbons (Fsp3) is 0.357. The summed E-state index contributed by atoms with van der Waals surface area (Å²) in [5, 5.41) is 4.39. The highest BCUT2D eigenvalue weighted by atomic mass is 79.9. The van der Waals surface area contributed by atoms with Crippen molar-refractivity contribution in [2.75, 3.05) is 0 Å². The minimum absolute atomic E-state index is 0.140. The van der Waals surface area contributed by atoms with Gasteiger partial charge in [-0.05, 0) is 60.0 Å². The second-order valence-corrected chi connectivity index (χ2v) is 5.44. The van der Waals surface area contributed by atoms with E-state index in [4.69, 9.17) is 5.73 Å². The molecule has 2 N–H and O–H groups in total. The molecule has 1 unspecified atom stereocenters. The molecule has 0 amide bonds. The van der Waals surface area contributed by atoms with Gasteiger partial charge in [-0.15, -0.1) is 0 Å². The third kappa shape index (κ3) is 3.22. The van der Waals surface area contributed by atoms with Gasteiger partial charge in [-0.2, -0.15) is 5.10 Å². The zero-order chi connectivity index (χ0) is 14.0. The van der Waals surface area contributed by atoms with E-state index in [0.717, 1.165) is 23.5 Å². The van der Waals surface area contributed by atoms with E-state index in [9.17, 15) is 4.39 Å². The van der Waals surface area contributed by atoms with Crippen LogP contribution < -0.4 is 5.73 Å². The maximum Gasteiger partial charge on any atom is 0.137 e. The normalized spacial score (nSPS) is 12.7. The van der Waals surface area contributed by atoms with Crippen LogP contribution in [0.5, 0.6) is 0 Å². The van der Waals surface area contributed by atoms with E-state index >= 15 is 0 Å². The molecule has 0 bridgehead atoms. The molecule has 2 rings (SSSR count). The molecule has 19 heavy (non-hydrogen) atoms. The Labute approximate surface area is 120 Å². The minimum atomic E-state index is -0.258. The standard InChI is InChI=1S/C14H17BrFN3/c1-3-19-14(6-9(2)18-19)13(17)8-10-4-5-12(16)11(15)7-10/h4-7,13H,3,8,17H2,1-2H3. The summed E-state index contributed by atoms with van der Waals surface area (Å²) in [5.74, 6) is -0.258. The van der Waals surface area contributed by atoms with Crippen LogP contribution >= 0.6 is 15.9 Å². The maximum atomic E-state index is 13.2. The lowest BCUT2D eigenvalue weighted by atomic mass is 10.0. The average molecular weight is 326 g/mol. The Bertz CT molecular complexity index is 580. The van der Waals surface area contributed by atoms with Crippen LogP contribution in [-0.4, -0.2) is 9.78 Å². The summed E-state index contributed by atoms with van der Waals surface area (Å²) in [6, 6.07) is 6.86. The Kier molecular flexibility index (Phi) is 4.37. The molecule has 2 aromatic rings. The molecule has 1 aromatic carbocycles. The summed E-state index contributed by atoms with van der Waals surface area (Å²) >= 11 is 3.19. The molecule has 0 spiro atoms. The number of halogens is 2. The first-order chi connectivity index (χ1) is 9.01. The highest BCUT2D eigenvalue weighted by molar-refractivity contribution is 9.10. The number of nitrogens with zero attached hydrogens (tertiary/aromatic N) is 2. The molecule has 102 valence electrons. The number of hydrogen-bond donors (Lipinski definition) is 1. The molecule has 1 aromatic heterocycles. The molecule has 1 atom stereocenters. The van der Waals surface area contributed by atoms with Crippen molar-refractivity contribution in [3.63, 3.8) is 0 Å². The smallest absolute Gasteiger partial charge is 0.137 e. The molecule has 3 nitrogen and oxygen atoms in total. The van der Waals surface area contributed by atoms with Gasteiger partial charge in [0.1, 0.15) is 5.82 Å².